The summed E-state index contributed by atoms with van der Waals surface area (Å²) in [5, 5.41) is 3.01. The number of carbonyl (C=O) groups is 1. The summed E-state index contributed by atoms with van der Waals surface area (Å²) in [4.78, 5) is 19.7. The van der Waals surface area contributed by atoms with Crippen molar-refractivity contribution in [2.45, 2.75) is 56.2 Å². The minimum atomic E-state index is -4.80. The van der Waals surface area contributed by atoms with E-state index in [1.807, 2.05) is 19.0 Å². The van der Waals surface area contributed by atoms with Gasteiger partial charge in [0.05, 0.1) is 24.0 Å². The maximum Gasteiger partial charge on any atom is 0.573 e. The molecule has 2 aliphatic rings. The molecule has 1 aromatic carbocycles. The number of aryl methyl sites for hydroxylation is 1. The molecular formula is C24H26F6N4O2. The van der Waals surface area contributed by atoms with Crippen LogP contribution in [0, 0.1) is 6.92 Å². The van der Waals surface area contributed by atoms with Gasteiger partial charge in [0.2, 0.25) is 0 Å². The number of pyridine rings is 1. The number of rotatable bonds is 4. The summed E-state index contributed by atoms with van der Waals surface area (Å²) in [5.74, 6) is -0.299. The summed E-state index contributed by atoms with van der Waals surface area (Å²) in [5.41, 5.74) is -0.967. The molecular weight excluding hydrogens is 490 g/mol. The van der Waals surface area contributed by atoms with Gasteiger partial charge in [-0.25, -0.2) is 9.78 Å². The first-order valence-electron chi connectivity index (χ1n) is 11.3. The number of nitrogens with zero attached hydrogens (tertiary/aromatic N) is 3. The van der Waals surface area contributed by atoms with Gasteiger partial charge in [-0.15, -0.1) is 13.2 Å². The molecule has 1 saturated heterocycles. The smallest absolute Gasteiger partial charge is 0.406 e. The van der Waals surface area contributed by atoms with Crippen LogP contribution in [-0.4, -0.2) is 48.5 Å². The van der Waals surface area contributed by atoms with Gasteiger partial charge in [-0.1, -0.05) is 12.1 Å². The zero-order valence-electron chi connectivity index (χ0n) is 19.9. The van der Waals surface area contributed by atoms with Crippen LogP contribution >= 0.6 is 0 Å². The minimum absolute atomic E-state index is 0.250. The molecule has 6 nitrogen and oxygen atoms in total. The number of aromatic nitrogens is 1. The Labute approximate surface area is 204 Å². The number of carbonyl (C=O) groups excluding carboxylic acids is 1. The van der Waals surface area contributed by atoms with Crippen molar-refractivity contribution in [2.75, 3.05) is 25.5 Å². The van der Waals surface area contributed by atoms with Gasteiger partial charge in [0, 0.05) is 5.54 Å². The molecule has 2 amide bonds. The van der Waals surface area contributed by atoms with Crippen LogP contribution in [0.3, 0.4) is 0 Å². The van der Waals surface area contributed by atoms with E-state index in [1.165, 1.54) is 30.0 Å². The molecule has 2 fully saturated rings. The summed E-state index contributed by atoms with van der Waals surface area (Å²) >= 11 is 0. The summed E-state index contributed by atoms with van der Waals surface area (Å²) in [6.45, 7) is 1.75. The molecule has 0 bridgehead atoms. The van der Waals surface area contributed by atoms with Gasteiger partial charge in [-0.05, 0) is 76.0 Å². The lowest BCUT2D eigenvalue weighted by molar-refractivity contribution is -0.274. The van der Waals surface area contributed by atoms with Gasteiger partial charge in [0.1, 0.15) is 11.4 Å². The number of hydrogen-bond acceptors (Lipinski definition) is 4. The SMILES string of the molecule is Cc1cc(C(F)(F)F)ncc1N1C[C@]2(CC[C@](c3cccc(OC(F)(F)F)c3)(N(C)C)CC2)NC1=O. The Hall–Kier alpha value is -3.02. The molecule has 4 rings (SSSR count). The second kappa shape index (κ2) is 8.82. The van der Waals surface area contributed by atoms with Crippen LogP contribution in [0.2, 0.25) is 0 Å². The van der Waals surface area contributed by atoms with Crippen molar-refractivity contribution in [3.8, 4) is 5.75 Å². The Bertz CT molecular complexity index is 1140. The first-order chi connectivity index (χ1) is 16.6. The first-order valence-corrected chi connectivity index (χ1v) is 11.3. The van der Waals surface area contributed by atoms with Crippen molar-refractivity contribution in [3.63, 3.8) is 0 Å². The molecule has 1 spiro atoms. The topological polar surface area (TPSA) is 57.7 Å². The fourth-order valence-corrected chi connectivity index (χ4v) is 5.29. The van der Waals surface area contributed by atoms with Crippen molar-refractivity contribution in [3.05, 3.63) is 53.3 Å². The molecule has 0 radical (unpaired) electrons. The molecule has 36 heavy (non-hydrogen) atoms. The molecule has 2 aromatic rings. The van der Waals surface area contributed by atoms with Crippen molar-refractivity contribution in [2.24, 2.45) is 0 Å². The van der Waals surface area contributed by atoms with Gasteiger partial charge in [0.25, 0.3) is 0 Å². The van der Waals surface area contributed by atoms with E-state index < -0.39 is 35.3 Å². The summed E-state index contributed by atoms with van der Waals surface area (Å²) < 4.78 is 81.4. The maximum atomic E-state index is 13.0. The normalized spacial score (nSPS) is 24.9. The highest BCUT2D eigenvalue weighted by Gasteiger charge is 2.51. The average Bonchev–Trinajstić information content (AvgIpc) is 3.08. The molecule has 0 atom stereocenters. The second-order valence-electron chi connectivity index (χ2n) is 9.65. The largest absolute Gasteiger partial charge is 0.573 e. The number of ether oxygens (including phenoxy) is 1. The third kappa shape index (κ3) is 4.95. The molecule has 196 valence electrons. The van der Waals surface area contributed by atoms with Gasteiger partial charge >= 0.3 is 18.6 Å². The van der Waals surface area contributed by atoms with E-state index in [9.17, 15) is 31.1 Å². The number of hydrogen-bond donors (Lipinski definition) is 1. The van der Waals surface area contributed by atoms with Crippen LogP contribution in [0.1, 0.15) is 42.5 Å². The van der Waals surface area contributed by atoms with Gasteiger partial charge in [-0.3, -0.25) is 9.80 Å². The number of urea groups is 1. The fourth-order valence-electron chi connectivity index (χ4n) is 5.29. The van der Waals surface area contributed by atoms with E-state index in [4.69, 9.17) is 0 Å². The van der Waals surface area contributed by atoms with E-state index >= 15 is 0 Å². The summed E-state index contributed by atoms with van der Waals surface area (Å²) in [6.07, 6.45) is -6.21. The van der Waals surface area contributed by atoms with Crippen molar-refractivity contribution in [1.82, 2.24) is 15.2 Å². The lowest BCUT2D eigenvalue weighted by atomic mass is 9.69. The molecule has 0 unspecified atom stereocenters. The molecule has 1 N–H and O–H groups in total. The number of anilines is 1. The van der Waals surface area contributed by atoms with E-state index in [2.05, 4.69) is 15.0 Å². The quantitative estimate of drug-likeness (QED) is 0.537. The predicted molar refractivity (Wildman–Crippen MR) is 120 cm³/mol. The van der Waals surface area contributed by atoms with Gasteiger partial charge < -0.3 is 10.1 Å². The highest BCUT2D eigenvalue weighted by Crippen LogP contribution is 2.47. The Morgan fingerprint density at radius 2 is 1.72 bits per heavy atom. The van der Waals surface area contributed by atoms with Crippen LogP contribution < -0.4 is 15.0 Å². The first kappa shape index (κ1) is 26.1. The standard InChI is InChI=1S/C24H26F6N4O2/c1-15-11-19(23(25,26)27)31-13-18(15)34-14-21(32-20(34)35)7-9-22(10-8-21,33(2)3)16-5-4-6-17(12-16)36-24(28,29)30/h4-6,11-13H,7-10,14H2,1-3H3,(H,32,35)/t21-,22+. The summed E-state index contributed by atoms with van der Waals surface area (Å²) in [7, 11) is 3.71. The Morgan fingerprint density at radius 3 is 2.28 bits per heavy atom. The molecule has 1 aliphatic heterocycles. The lowest BCUT2D eigenvalue weighted by Gasteiger charge is -2.48. The lowest BCUT2D eigenvalue weighted by Crippen LogP contribution is -2.54. The Balaban J connectivity index is 1.55. The maximum absolute atomic E-state index is 13.0. The van der Waals surface area contributed by atoms with Gasteiger partial charge in [-0.2, -0.15) is 13.2 Å². The average molecular weight is 516 g/mol. The molecule has 12 heteroatoms. The minimum Gasteiger partial charge on any atom is -0.406 e. The number of benzene rings is 1. The number of halogens is 6. The molecule has 1 saturated carbocycles. The molecule has 2 heterocycles. The number of amides is 2. The monoisotopic (exact) mass is 516 g/mol. The van der Waals surface area contributed by atoms with Crippen LogP contribution in [-0.2, 0) is 11.7 Å². The van der Waals surface area contributed by atoms with Gasteiger partial charge in [0.15, 0.2) is 0 Å². The zero-order chi connectivity index (χ0) is 26.5. The third-order valence-corrected chi connectivity index (χ3v) is 7.24. The van der Waals surface area contributed by atoms with E-state index in [-0.39, 0.29) is 17.9 Å². The fraction of sp³-hybridized carbons (Fsp3) is 0.500. The summed E-state index contributed by atoms with van der Waals surface area (Å²) in [6, 6.07) is 6.42. The predicted octanol–water partition coefficient (Wildman–Crippen LogP) is 5.61. The Kier molecular flexibility index (Phi) is 6.39. The molecule has 1 aromatic heterocycles. The van der Waals surface area contributed by atoms with Crippen molar-refractivity contribution < 1.29 is 35.9 Å². The van der Waals surface area contributed by atoms with E-state index in [0.29, 0.717) is 36.9 Å². The van der Waals surface area contributed by atoms with Crippen LogP contribution in [0.25, 0.3) is 0 Å². The van der Waals surface area contributed by atoms with E-state index in [1.54, 1.807) is 6.07 Å². The Morgan fingerprint density at radius 1 is 1.06 bits per heavy atom. The van der Waals surface area contributed by atoms with E-state index in [0.717, 1.165) is 12.3 Å². The highest BCUT2D eigenvalue weighted by atomic mass is 19.4. The second-order valence-corrected chi connectivity index (χ2v) is 9.65. The number of nitrogens with one attached hydrogen (secondary N) is 1. The highest BCUT2D eigenvalue weighted by molar-refractivity contribution is 5.96. The van der Waals surface area contributed by atoms with Crippen LogP contribution in [0.5, 0.6) is 5.75 Å². The number of alkyl halides is 6. The molecule has 1 aliphatic carbocycles. The van der Waals surface area contributed by atoms with Crippen molar-refractivity contribution in [1.29, 1.82) is 0 Å². The third-order valence-electron chi connectivity index (χ3n) is 7.24. The van der Waals surface area contributed by atoms with Crippen LogP contribution in [0.15, 0.2) is 36.5 Å². The van der Waals surface area contributed by atoms with Crippen molar-refractivity contribution >= 4 is 11.7 Å². The zero-order valence-corrected chi connectivity index (χ0v) is 19.9. The van der Waals surface area contributed by atoms with Crippen LogP contribution in [0.4, 0.5) is 36.8 Å².